The van der Waals surface area contributed by atoms with Crippen molar-refractivity contribution in [2.45, 2.75) is 19.3 Å². The van der Waals surface area contributed by atoms with E-state index in [1.807, 2.05) is 11.0 Å². The Balaban J connectivity index is 1.64. The molecule has 5 nitrogen and oxygen atoms in total. The fourth-order valence-corrected chi connectivity index (χ4v) is 3.34. The monoisotopic (exact) mass is 289 g/mol. The van der Waals surface area contributed by atoms with Crippen LogP contribution >= 0.6 is 0 Å². The van der Waals surface area contributed by atoms with Crippen LogP contribution in [-0.4, -0.2) is 42.1 Å². The maximum atomic E-state index is 12.5. The van der Waals surface area contributed by atoms with Crippen LogP contribution in [0.15, 0.2) is 24.3 Å². The highest BCUT2D eigenvalue weighted by molar-refractivity contribution is 5.94. The molecular weight excluding hydrogens is 270 g/mol. The smallest absolute Gasteiger partial charge is 0.307 e. The summed E-state index contributed by atoms with van der Waals surface area (Å²) < 4.78 is 5.14. The van der Waals surface area contributed by atoms with Crippen molar-refractivity contribution in [1.82, 2.24) is 4.90 Å². The predicted octanol–water partition coefficient (Wildman–Crippen LogP) is 2.02. The van der Waals surface area contributed by atoms with Crippen molar-refractivity contribution in [3.63, 3.8) is 0 Å². The second kappa shape index (κ2) is 5.06. The first kappa shape index (κ1) is 13.9. The van der Waals surface area contributed by atoms with Crippen molar-refractivity contribution < 1.29 is 19.4 Å². The van der Waals surface area contributed by atoms with Crippen LogP contribution in [0.1, 0.15) is 29.6 Å². The Morgan fingerprint density at radius 2 is 2.05 bits per heavy atom. The Kier molecular flexibility index (Phi) is 3.35. The van der Waals surface area contributed by atoms with E-state index in [2.05, 4.69) is 0 Å². The van der Waals surface area contributed by atoms with Gasteiger partial charge in [-0.25, -0.2) is 0 Å². The molecule has 1 saturated heterocycles. The second-order valence-electron chi connectivity index (χ2n) is 5.98. The quantitative estimate of drug-likeness (QED) is 0.924. The van der Waals surface area contributed by atoms with Gasteiger partial charge in [0.15, 0.2) is 0 Å². The number of piperidine rings is 1. The van der Waals surface area contributed by atoms with Gasteiger partial charge in [0.1, 0.15) is 5.75 Å². The van der Waals surface area contributed by atoms with Crippen molar-refractivity contribution in [2.24, 2.45) is 11.3 Å². The number of carbonyl (C=O) groups excluding carboxylic acids is 1. The number of hydrogen-bond acceptors (Lipinski definition) is 3. The Morgan fingerprint density at radius 3 is 2.62 bits per heavy atom. The normalized spacial score (nSPS) is 22.9. The van der Waals surface area contributed by atoms with E-state index in [-0.39, 0.29) is 17.2 Å². The van der Waals surface area contributed by atoms with Gasteiger partial charge < -0.3 is 14.7 Å². The molecule has 3 rings (SSSR count). The Bertz CT molecular complexity index is 575. The molecule has 1 heterocycles. The highest BCUT2D eigenvalue weighted by Crippen LogP contribution is 2.59. The summed E-state index contributed by atoms with van der Waals surface area (Å²) in [6, 6.07) is 7.14. The molecule has 0 aromatic heterocycles. The number of amides is 1. The molecule has 1 aromatic rings. The van der Waals surface area contributed by atoms with Crippen LogP contribution in [0.3, 0.4) is 0 Å². The standard InChI is InChI=1S/C16H19NO4/c1-21-12-4-2-3-11(9-12)14(18)17-7-5-16(6-8-17)10-13(16)15(19)20/h2-4,9,13H,5-8,10H2,1H3,(H,19,20). The molecule has 0 radical (unpaired) electrons. The van der Waals surface area contributed by atoms with Gasteiger partial charge in [-0.2, -0.15) is 0 Å². The first-order chi connectivity index (χ1) is 10.1. The number of nitrogens with zero attached hydrogens (tertiary/aromatic N) is 1. The van der Waals surface area contributed by atoms with E-state index in [4.69, 9.17) is 9.84 Å². The third-order valence-corrected chi connectivity index (χ3v) is 4.85. The zero-order valence-corrected chi connectivity index (χ0v) is 12.0. The number of methoxy groups -OCH3 is 1. The van der Waals surface area contributed by atoms with Gasteiger partial charge in [0, 0.05) is 18.7 Å². The first-order valence-electron chi connectivity index (χ1n) is 7.22. The van der Waals surface area contributed by atoms with E-state index in [0.717, 1.165) is 19.3 Å². The minimum atomic E-state index is -0.692. The molecule has 112 valence electrons. The molecule has 1 atom stereocenters. The van der Waals surface area contributed by atoms with Crippen LogP contribution in [0, 0.1) is 11.3 Å². The first-order valence-corrected chi connectivity index (χ1v) is 7.22. The summed E-state index contributed by atoms with van der Waals surface area (Å²) in [4.78, 5) is 25.3. The predicted molar refractivity (Wildman–Crippen MR) is 76.3 cm³/mol. The zero-order valence-electron chi connectivity index (χ0n) is 12.0. The van der Waals surface area contributed by atoms with Gasteiger partial charge in [0.2, 0.25) is 0 Å². The third kappa shape index (κ3) is 2.48. The Hall–Kier alpha value is -2.04. The van der Waals surface area contributed by atoms with Gasteiger partial charge in [0.25, 0.3) is 5.91 Å². The van der Waals surface area contributed by atoms with Crippen LogP contribution in [-0.2, 0) is 4.79 Å². The molecule has 2 aliphatic rings. The maximum Gasteiger partial charge on any atom is 0.307 e. The summed E-state index contributed by atoms with van der Waals surface area (Å²) in [6.07, 6.45) is 2.35. The average molecular weight is 289 g/mol. The summed E-state index contributed by atoms with van der Waals surface area (Å²) in [7, 11) is 1.58. The van der Waals surface area contributed by atoms with Crippen molar-refractivity contribution >= 4 is 11.9 Å². The van der Waals surface area contributed by atoms with Crippen molar-refractivity contribution in [3.8, 4) is 5.75 Å². The van der Waals surface area contributed by atoms with Crippen molar-refractivity contribution in [1.29, 1.82) is 0 Å². The number of carboxylic acid groups (broad SMARTS) is 1. The van der Waals surface area contributed by atoms with E-state index >= 15 is 0 Å². The van der Waals surface area contributed by atoms with E-state index < -0.39 is 5.97 Å². The van der Waals surface area contributed by atoms with Crippen LogP contribution in [0.4, 0.5) is 0 Å². The van der Waals surface area contributed by atoms with Crippen LogP contribution < -0.4 is 4.74 Å². The van der Waals surface area contributed by atoms with Crippen LogP contribution in [0.25, 0.3) is 0 Å². The molecule has 2 fully saturated rings. The summed E-state index contributed by atoms with van der Waals surface area (Å²) in [5.41, 5.74) is 0.577. The van der Waals surface area contributed by atoms with E-state index in [1.165, 1.54) is 0 Å². The van der Waals surface area contributed by atoms with Gasteiger partial charge in [-0.15, -0.1) is 0 Å². The van der Waals surface area contributed by atoms with Crippen molar-refractivity contribution in [3.05, 3.63) is 29.8 Å². The minimum Gasteiger partial charge on any atom is -0.497 e. The molecular formula is C16H19NO4. The Morgan fingerprint density at radius 1 is 1.33 bits per heavy atom. The molecule has 1 N–H and O–H groups in total. The highest BCUT2D eigenvalue weighted by Gasteiger charge is 2.59. The lowest BCUT2D eigenvalue weighted by molar-refractivity contribution is -0.139. The average Bonchev–Trinajstić information content (AvgIpc) is 3.21. The number of hydrogen-bond donors (Lipinski definition) is 1. The highest BCUT2D eigenvalue weighted by atomic mass is 16.5. The molecule has 1 unspecified atom stereocenters. The molecule has 0 bridgehead atoms. The van der Waals surface area contributed by atoms with Gasteiger partial charge in [-0.1, -0.05) is 6.07 Å². The number of ether oxygens (including phenoxy) is 1. The topological polar surface area (TPSA) is 66.8 Å². The molecule has 1 aromatic carbocycles. The summed E-state index contributed by atoms with van der Waals surface area (Å²) in [5.74, 6) is -0.229. The van der Waals surface area contributed by atoms with E-state index in [0.29, 0.717) is 24.4 Å². The Labute approximate surface area is 123 Å². The fourth-order valence-electron chi connectivity index (χ4n) is 3.34. The lowest BCUT2D eigenvalue weighted by Gasteiger charge is -2.32. The van der Waals surface area contributed by atoms with Crippen LogP contribution in [0.2, 0.25) is 0 Å². The summed E-state index contributed by atoms with van der Waals surface area (Å²) in [5, 5.41) is 9.09. The maximum absolute atomic E-state index is 12.5. The lowest BCUT2D eigenvalue weighted by atomic mass is 9.90. The zero-order chi connectivity index (χ0) is 15.0. The molecule has 1 aliphatic heterocycles. The number of aliphatic carboxylic acids is 1. The van der Waals surface area contributed by atoms with Gasteiger partial charge in [0.05, 0.1) is 13.0 Å². The van der Waals surface area contributed by atoms with E-state index in [9.17, 15) is 9.59 Å². The van der Waals surface area contributed by atoms with Gasteiger partial charge >= 0.3 is 5.97 Å². The number of benzene rings is 1. The fraction of sp³-hybridized carbons (Fsp3) is 0.500. The minimum absolute atomic E-state index is 0.00345. The third-order valence-electron chi connectivity index (χ3n) is 4.85. The molecule has 1 saturated carbocycles. The van der Waals surface area contributed by atoms with Gasteiger partial charge in [-0.05, 0) is 42.9 Å². The molecule has 5 heteroatoms. The largest absolute Gasteiger partial charge is 0.497 e. The molecule has 1 spiro atoms. The number of carboxylic acids is 1. The molecule has 21 heavy (non-hydrogen) atoms. The second-order valence-corrected chi connectivity index (χ2v) is 5.98. The lowest BCUT2D eigenvalue weighted by Crippen LogP contribution is -2.40. The molecule has 1 aliphatic carbocycles. The SMILES string of the molecule is COc1cccc(C(=O)N2CCC3(CC2)CC3C(=O)O)c1. The number of likely N-dealkylation sites (tertiary alicyclic amines) is 1. The van der Waals surface area contributed by atoms with Crippen molar-refractivity contribution in [2.75, 3.05) is 20.2 Å². The van der Waals surface area contributed by atoms with Gasteiger partial charge in [-0.3, -0.25) is 9.59 Å². The number of carbonyl (C=O) groups is 2. The van der Waals surface area contributed by atoms with Crippen LogP contribution in [0.5, 0.6) is 5.75 Å². The number of rotatable bonds is 3. The molecule has 1 amide bonds. The summed E-state index contributed by atoms with van der Waals surface area (Å²) >= 11 is 0. The van der Waals surface area contributed by atoms with E-state index in [1.54, 1.807) is 25.3 Å². The summed E-state index contributed by atoms with van der Waals surface area (Å²) in [6.45, 7) is 1.28.